The van der Waals surface area contributed by atoms with E-state index in [2.05, 4.69) is 15.2 Å². The Morgan fingerprint density at radius 3 is 3.06 bits per heavy atom. The Balaban J connectivity index is 0.00000108. The first-order valence-electron chi connectivity index (χ1n) is 5.84. The fourth-order valence-corrected chi connectivity index (χ4v) is 3.81. The molecule has 3 rings (SSSR count). The molecule has 17 heavy (non-hydrogen) atoms. The first-order valence-corrected chi connectivity index (χ1v) is 7.04. The normalized spacial score (nSPS) is 28.8. The number of thiazole rings is 1. The van der Waals surface area contributed by atoms with Crippen molar-refractivity contribution in [3.05, 3.63) is 15.5 Å². The van der Waals surface area contributed by atoms with Crippen LogP contribution in [-0.4, -0.2) is 36.1 Å². The van der Waals surface area contributed by atoms with Gasteiger partial charge in [0.1, 0.15) is 9.34 Å². The Morgan fingerprint density at radius 1 is 1.47 bits per heavy atom. The van der Waals surface area contributed by atoms with Crippen molar-refractivity contribution in [2.45, 2.75) is 13.0 Å². The second kappa shape index (κ2) is 5.85. The zero-order chi connectivity index (χ0) is 11.0. The molecule has 2 fully saturated rings. The predicted octanol–water partition coefficient (Wildman–Crippen LogP) is 2.26. The highest BCUT2D eigenvalue weighted by Crippen LogP contribution is 2.28. The first kappa shape index (κ1) is 13.6. The van der Waals surface area contributed by atoms with Gasteiger partial charge in [-0.25, -0.2) is 4.98 Å². The van der Waals surface area contributed by atoms with Gasteiger partial charge in [-0.3, -0.25) is 4.90 Å². The quantitative estimate of drug-likeness (QED) is 0.907. The minimum Gasteiger partial charge on any atom is -0.316 e. The van der Waals surface area contributed by atoms with Crippen LogP contribution in [0.5, 0.6) is 0 Å². The zero-order valence-corrected chi connectivity index (χ0v) is 12.0. The lowest BCUT2D eigenvalue weighted by Gasteiger charge is -2.33. The average molecular weight is 294 g/mol. The first-order chi connectivity index (χ1) is 7.81. The number of fused-ring (bicyclic) bond motifs is 1. The summed E-state index contributed by atoms with van der Waals surface area (Å²) in [5.74, 6) is 1.76. The summed E-state index contributed by atoms with van der Waals surface area (Å²) in [5.41, 5.74) is 0. The van der Waals surface area contributed by atoms with Crippen molar-refractivity contribution in [1.29, 1.82) is 0 Å². The minimum absolute atomic E-state index is 0. The lowest BCUT2D eigenvalue weighted by Crippen LogP contribution is -2.39. The summed E-state index contributed by atoms with van der Waals surface area (Å²) in [6.45, 7) is 5.82. The van der Waals surface area contributed by atoms with E-state index >= 15 is 0 Å². The van der Waals surface area contributed by atoms with Gasteiger partial charge in [0.2, 0.25) is 0 Å². The van der Waals surface area contributed by atoms with E-state index in [9.17, 15) is 0 Å². The average Bonchev–Trinajstić information content (AvgIpc) is 2.87. The standard InChI is InChI=1S/C11H16ClN3S.ClH/c12-10-5-14-11(16-10)7-15-2-1-8-3-13-4-9(8)6-15;/h5,8-9,13H,1-4,6-7H2;1H. The van der Waals surface area contributed by atoms with Gasteiger partial charge < -0.3 is 5.32 Å². The van der Waals surface area contributed by atoms with Gasteiger partial charge >= 0.3 is 0 Å². The SMILES string of the molecule is Cl.Clc1cnc(CN2CCC3CNCC3C2)s1. The molecule has 0 aromatic carbocycles. The number of halogens is 2. The van der Waals surface area contributed by atoms with Gasteiger partial charge in [0, 0.05) is 6.54 Å². The highest BCUT2D eigenvalue weighted by atomic mass is 35.5. The Morgan fingerprint density at radius 2 is 2.29 bits per heavy atom. The van der Waals surface area contributed by atoms with Gasteiger partial charge in [0.15, 0.2) is 0 Å². The maximum Gasteiger partial charge on any atom is 0.113 e. The number of rotatable bonds is 2. The van der Waals surface area contributed by atoms with Crippen LogP contribution in [0.4, 0.5) is 0 Å². The second-order valence-electron chi connectivity index (χ2n) is 4.76. The van der Waals surface area contributed by atoms with E-state index < -0.39 is 0 Å². The summed E-state index contributed by atoms with van der Waals surface area (Å²) in [7, 11) is 0. The van der Waals surface area contributed by atoms with Crippen molar-refractivity contribution >= 4 is 35.3 Å². The molecule has 6 heteroatoms. The van der Waals surface area contributed by atoms with Crippen LogP contribution < -0.4 is 5.32 Å². The van der Waals surface area contributed by atoms with Crippen molar-refractivity contribution in [3.63, 3.8) is 0 Å². The highest BCUT2D eigenvalue weighted by Gasteiger charge is 2.32. The van der Waals surface area contributed by atoms with E-state index in [1.807, 2.05) is 0 Å². The fraction of sp³-hybridized carbons (Fsp3) is 0.727. The van der Waals surface area contributed by atoms with Crippen LogP contribution in [0, 0.1) is 11.8 Å². The predicted molar refractivity (Wildman–Crippen MR) is 74.1 cm³/mol. The third-order valence-electron chi connectivity index (χ3n) is 3.67. The number of likely N-dealkylation sites (tertiary alicyclic amines) is 1. The molecule has 3 nitrogen and oxygen atoms in total. The van der Waals surface area contributed by atoms with E-state index in [0.29, 0.717) is 0 Å². The Kier molecular flexibility index (Phi) is 4.66. The third-order valence-corrected chi connectivity index (χ3v) is 4.77. The summed E-state index contributed by atoms with van der Waals surface area (Å²) in [5, 5.41) is 4.64. The topological polar surface area (TPSA) is 28.2 Å². The molecule has 1 N–H and O–H groups in total. The zero-order valence-electron chi connectivity index (χ0n) is 9.56. The third kappa shape index (κ3) is 3.12. The lowest BCUT2D eigenvalue weighted by atomic mass is 9.89. The summed E-state index contributed by atoms with van der Waals surface area (Å²) in [6.07, 6.45) is 3.09. The Hall–Kier alpha value is 0.130. The van der Waals surface area contributed by atoms with E-state index in [1.54, 1.807) is 17.5 Å². The van der Waals surface area contributed by atoms with Crippen molar-refractivity contribution in [2.24, 2.45) is 11.8 Å². The van der Waals surface area contributed by atoms with Crippen molar-refractivity contribution in [2.75, 3.05) is 26.2 Å². The van der Waals surface area contributed by atoms with E-state index in [0.717, 1.165) is 27.7 Å². The van der Waals surface area contributed by atoms with Crippen molar-refractivity contribution in [3.8, 4) is 0 Å². The molecule has 1 aromatic rings. The second-order valence-corrected chi connectivity index (χ2v) is 6.51. The Labute approximate surface area is 117 Å². The summed E-state index contributed by atoms with van der Waals surface area (Å²) in [6, 6.07) is 0. The van der Waals surface area contributed by atoms with Gasteiger partial charge in [0.25, 0.3) is 0 Å². The molecule has 2 aliphatic heterocycles. The fourth-order valence-electron chi connectivity index (χ4n) is 2.81. The molecule has 2 unspecified atom stereocenters. The van der Waals surface area contributed by atoms with Crippen LogP contribution in [0.2, 0.25) is 4.34 Å². The van der Waals surface area contributed by atoms with Crippen LogP contribution in [0.3, 0.4) is 0 Å². The largest absolute Gasteiger partial charge is 0.316 e. The molecular weight excluding hydrogens is 277 g/mol. The summed E-state index contributed by atoms with van der Waals surface area (Å²) >= 11 is 7.50. The smallest absolute Gasteiger partial charge is 0.113 e. The van der Waals surface area contributed by atoms with Gasteiger partial charge in [0.05, 0.1) is 12.7 Å². The van der Waals surface area contributed by atoms with E-state index in [1.165, 1.54) is 32.6 Å². The van der Waals surface area contributed by atoms with E-state index in [-0.39, 0.29) is 12.4 Å². The maximum atomic E-state index is 5.89. The van der Waals surface area contributed by atoms with Crippen LogP contribution in [0.15, 0.2) is 6.20 Å². The number of hydrogen-bond acceptors (Lipinski definition) is 4. The molecule has 0 saturated carbocycles. The molecule has 0 bridgehead atoms. The molecule has 3 heterocycles. The maximum absolute atomic E-state index is 5.89. The molecule has 96 valence electrons. The summed E-state index contributed by atoms with van der Waals surface area (Å²) in [4.78, 5) is 6.84. The molecule has 2 atom stereocenters. The van der Waals surface area contributed by atoms with Gasteiger partial charge in [-0.1, -0.05) is 11.6 Å². The van der Waals surface area contributed by atoms with Crippen molar-refractivity contribution in [1.82, 2.24) is 15.2 Å². The molecule has 0 spiro atoms. The molecule has 2 saturated heterocycles. The van der Waals surface area contributed by atoms with E-state index in [4.69, 9.17) is 11.6 Å². The van der Waals surface area contributed by atoms with Gasteiger partial charge in [-0.2, -0.15) is 0 Å². The van der Waals surface area contributed by atoms with Gasteiger partial charge in [-0.15, -0.1) is 23.7 Å². The van der Waals surface area contributed by atoms with Crippen molar-refractivity contribution < 1.29 is 0 Å². The van der Waals surface area contributed by atoms with Crippen LogP contribution in [0.1, 0.15) is 11.4 Å². The number of nitrogens with zero attached hydrogens (tertiary/aromatic N) is 2. The monoisotopic (exact) mass is 293 g/mol. The number of nitrogens with one attached hydrogen (secondary N) is 1. The molecule has 0 amide bonds. The Bertz CT molecular complexity index is 371. The van der Waals surface area contributed by atoms with Crippen LogP contribution in [-0.2, 0) is 6.54 Å². The van der Waals surface area contributed by atoms with Gasteiger partial charge in [-0.05, 0) is 37.9 Å². The molecular formula is C11H17Cl2N3S. The lowest BCUT2D eigenvalue weighted by molar-refractivity contribution is 0.142. The number of aromatic nitrogens is 1. The van der Waals surface area contributed by atoms with Crippen LogP contribution >= 0.6 is 35.3 Å². The van der Waals surface area contributed by atoms with Crippen LogP contribution in [0.25, 0.3) is 0 Å². The highest BCUT2D eigenvalue weighted by molar-refractivity contribution is 7.15. The molecule has 2 aliphatic rings. The molecule has 0 radical (unpaired) electrons. The molecule has 1 aromatic heterocycles. The number of piperidine rings is 1. The summed E-state index contributed by atoms with van der Waals surface area (Å²) < 4.78 is 0.799. The number of hydrogen-bond donors (Lipinski definition) is 1. The minimum atomic E-state index is 0. The molecule has 0 aliphatic carbocycles.